The Hall–Kier alpha value is -2.41. The Kier molecular flexibility index (Phi) is 6.71. The summed E-state index contributed by atoms with van der Waals surface area (Å²) in [6.45, 7) is 0.453. The van der Waals surface area contributed by atoms with E-state index in [1.165, 1.54) is 9.80 Å². The number of hydrogen-bond donors (Lipinski definition) is 2. The van der Waals surface area contributed by atoms with Crippen molar-refractivity contribution in [2.75, 3.05) is 53.6 Å². The highest BCUT2D eigenvalue weighted by Gasteiger charge is 2.15. The highest BCUT2D eigenvalue weighted by Crippen LogP contribution is 2.10. The first-order chi connectivity index (χ1) is 10.7. The van der Waals surface area contributed by atoms with Gasteiger partial charge in [0.1, 0.15) is 0 Å². The number of carbonyl (C=O) groups excluding carboxylic acids is 3. The minimum Gasteiger partial charge on any atom is -0.345 e. The van der Waals surface area contributed by atoms with Gasteiger partial charge in [0, 0.05) is 39.4 Å². The third-order valence-corrected chi connectivity index (χ3v) is 3.24. The van der Waals surface area contributed by atoms with Crippen molar-refractivity contribution in [3.8, 4) is 0 Å². The van der Waals surface area contributed by atoms with Gasteiger partial charge in [-0.05, 0) is 24.3 Å². The van der Waals surface area contributed by atoms with Gasteiger partial charge in [-0.2, -0.15) is 0 Å². The highest BCUT2D eigenvalue weighted by molar-refractivity contribution is 5.95. The van der Waals surface area contributed by atoms with Crippen molar-refractivity contribution in [1.29, 1.82) is 0 Å². The molecule has 1 aromatic carbocycles. The van der Waals surface area contributed by atoms with E-state index in [1.807, 2.05) is 0 Å². The van der Waals surface area contributed by atoms with Crippen molar-refractivity contribution >= 4 is 23.4 Å². The molecule has 126 valence electrons. The number of amides is 3. The van der Waals surface area contributed by atoms with Crippen LogP contribution in [0, 0.1) is 0 Å². The van der Waals surface area contributed by atoms with Crippen LogP contribution >= 0.6 is 0 Å². The van der Waals surface area contributed by atoms with Crippen LogP contribution in [-0.4, -0.2) is 75.8 Å². The number of nitrogens with zero attached hydrogens (tertiary/aromatic N) is 2. The van der Waals surface area contributed by atoms with Crippen molar-refractivity contribution < 1.29 is 19.3 Å². The largest absolute Gasteiger partial charge is 0.345 e. The summed E-state index contributed by atoms with van der Waals surface area (Å²) >= 11 is 0. The normalized spacial score (nSPS) is 11.5. The molecular weight excluding hydrogens is 296 g/mol. The van der Waals surface area contributed by atoms with Crippen molar-refractivity contribution in [2.24, 2.45) is 0 Å². The molecule has 0 spiro atoms. The van der Waals surface area contributed by atoms with E-state index in [1.54, 1.807) is 59.5 Å². The van der Waals surface area contributed by atoms with Crippen LogP contribution in [0.15, 0.2) is 24.3 Å². The van der Waals surface area contributed by atoms with E-state index in [2.05, 4.69) is 5.32 Å². The number of hydrogen-bond acceptors (Lipinski definition) is 3. The van der Waals surface area contributed by atoms with Crippen molar-refractivity contribution in [3.63, 3.8) is 0 Å². The van der Waals surface area contributed by atoms with Crippen LogP contribution in [0.2, 0.25) is 0 Å². The topological polar surface area (TPSA) is 74.2 Å². The standard InChI is InChI=1S/C16H24N4O3/c1-18(2)15(22)11-20(5)10-14(21)17-13-8-6-12(7-9-13)16(23)19(3)4/h6-9H,10-11H2,1-5H3,(H,17,21)/p+1. The smallest absolute Gasteiger partial charge is 0.279 e. The molecule has 0 radical (unpaired) electrons. The van der Waals surface area contributed by atoms with Crippen LogP contribution in [0.25, 0.3) is 0 Å². The van der Waals surface area contributed by atoms with Gasteiger partial charge in [-0.15, -0.1) is 0 Å². The molecule has 0 heterocycles. The Bertz CT molecular complexity index is 567. The molecule has 0 aromatic heterocycles. The number of likely N-dealkylation sites (N-methyl/N-ethyl adjacent to an activating group) is 2. The maximum atomic E-state index is 12.0. The van der Waals surface area contributed by atoms with Crippen LogP contribution in [0.5, 0.6) is 0 Å². The lowest BCUT2D eigenvalue weighted by atomic mass is 10.2. The Morgan fingerprint density at radius 3 is 2.00 bits per heavy atom. The van der Waals surface area contributed by atoms with E-state index in [4.69, 9.17) is 0 Å². The van der Waals surface area contributed by atoms with E-state index >= 15 is 0 Å². The Morgan fingerprint density at radius 1 is 0.957 bits per heavy atom. The van der Waals surface area contributed by atoms with Gasteiger partial charge in [0.25, 0.3) is 17.7 Å². The highest BCUT2D eigenvalue weighted by atomic mass is 16.2. The van der Waals surface area contributed by atoms with E-state index in [0.717, 1.165) is 4.90 Å². The molecule has 3 amide bonds. The van der Waals surface area contributed by atoms with E-state index < -0.39 is 0 Å². The van der Waals surface area contributed by atoms with Crippen molar-refractivity contribution in [2.45, 2.75) is 0 Å². The summed E-state index contributed by atoms with van der Waals surface area (Å²) in [5.41, 5.74) is 1.18. The molecule has 1 atom stereocenters. The Morgan fingerprint density at radius 2 is 1.52 bits per heavy atom. The minimum atomic E-state index is -0.180. The molecule has 0 aliphatic heterocycles. The number of nitrogens with one attached hydrogen (secondary N) is 2. The molecule has 7 nitrogen and oxygen atoms in total. The lowest BCUT2D eigenvalue weighted by Crippen LogP contribution is -3.11. The predicted octanol–water partition coefficient (Wildman–Crippen LogP) is -1.07. The zero-order valence-corrected chi connectivity index (χ0v) is 14.3. The quantitative estimate of drug-likeness (QED) is 0.701. The molecule has 1 rings (SSSR count). The van der Waals surface area contributed by atoms with Gasteiger partial charge in [0.2, 0.25) is 0 Å². The van der Waals surface area contributed by atoms with Crippen LogP contribution < -0.4 is 10.2 Å². The average Bonchev–Trinajstić information content (AvgIpc) is 2.46. The number of quaternary nitrogens is 1. The van der Waals surface area contributed by atoms with E-state index in [0.29, 0.717) is 11.3 Å². The molecule has 0 saturated heterocycles. The molecule has 0 aliphatic rings. The zero-order valence-electron chi connectivity index (χ0n) is 14.3. The molecule has 0 fully saturated rings. The molecule has 0 bridgehead atoms. The molecule has 2 N–H and O–H groups in total. The van der Waals surface area contributed by atoms with Gasteiger partial charge in [-0.1, -0.05) is 0 Å². The summed E-state index contributed by atoms with van der Waals surface area (Å²) < 4.78 is 0. The first-order valence-corrected chi connectivity index (χ1v) is 7.33. The second kappa shape index (κ2) is 8.28. The van der Waals surface area contributed by atoms with Crippen LogP contribution in [0.4, 0.5) is 5.69 Å². The van der Waals surface area contributed by atoms with E-state index in [9.17, 15) is 14.4 Å². The maximum Gasteiger partial charge on any atom is 0.279 e. The van der Waals surface area contributed by atoms with Gasteiger partial charge >= 0.3 is 0 Å². The molecule has 0 saturated carbocycles. The van der Waals surface area contributed by atoms with Gasteiger partial charge in [-0.25, -0.2) is 0 Å². The molecular formula is C16H25N4O3+. The fraction of sp³-hybridized carbons (Fsp3) is 0.438. The van der Waals surface area contributed by atoms with Crippen LogP contribution in [0.3, 0.4) is 0 Å². The third-order valence-electron chi connectivity index (χ3n) is 3.24. The Balaban J connectivity index is 2.54. The molecule has 7 heteroatoms. The number of carbonyl (C=O) groups is 3. The number of anilines is 1. The van der Waals surface area contributed by atoms with E-state index in [-0.39, 0.29) is 30.8 Å². The van der Waals surface area contributed by atoms with Gasteiger partial charge in [0.05, 0.1) is 7.05 Å². The fourth-order valence-electron chi connectivity index (χ4n) is 1.91. The average molecular weight is 321 g/mol. The van der Waals surface area contributed by atoms with Crippen molar-refractivity contribution in [1.82, 2.24) is 9.80 Å². The summed E-state index contributed by atoms with van der Waals surface area (Å²) in [7, 11) is 8.54. The summed E-state index contributed by atoms with van der Waals surface area (Å²) in [6.07, 6.45) is 0. The second-order valence-corrected chi connectivity index (χ2v) is 5.92. The summed E-state index contributed by atoms with van der Waals surface area (Å²) in [4.78, 5) is 39.1. The molecule has 1 aromatic rings. The number of rotatable bonds is 6. The third kappa shape index (κ3) is 6.07. The van der Waals surface area contributed by atoms with Gasteiger partial charge in [-0.3, -0.25) is 14.4 Å². The SMILES string of the molecule is CN(C)C(=O)C[NH+](C)CC(=O)Nc1ccc(C(=O)N(C)C)cc1. The maximum absolute atomic E-state index is 12.0. The zero-order chi connectivity index (χ0) is 17.6. The lowest BCUT2D eigenvalue weighted by Gasteiger charge is -2.16. The first kappa shape index (κ1) is 18.6. The predicted molar refractivity (Wildman–Crippen MR) is 88.4 cm³/mol. The summed E-state index contributed by atoms with van der Waals surface area (Å²) in [5, 5.41) is 2.76. The number of benzene rings is 1. The Labute approximate surface area is 136 Å². The lowest BCUT2D eigenvalue weighted by molar-refractivity contribution is -0.862. The fourth-order valence-corrected chi connectivity index (χ4v) is 1.91. The molecule has 23 heavy (non-hydrogen) atoms. The molecule has 1 unspecified atom stereocenters. The molecule has 0 aliphatic carbocycles. The summed E-state index contributed by atoms with van der Waals surface area (Å²) in [6, 6.07) is 6.72. The monoisotopic (exact) mass is 321 g/mol. The summed E-state index contributed by atoms with van der Waals surface area (Å²) in [5.74, 6) is -0.295. The van der Waals surface area contributed by atoms with Crippen LogP contribution in [-0.2, 0) is 9.59 Å². The second-order valence-electron chi connectivity index (χ2n) is 5.92. The minimum absolute atomic E-state index is 0.0261. The van der Waals surface area contributed by atoms with Gasteiger partial charge < -0.3 is 20.0 Å². The first-order valence-electron chi connectivity index (χ1n) is 7.33. The van der Waals surface area contributed by atoms with Gasteiger partial charge in [0.15, 0.2) is 13.1 Å². The van der Waals surface area contributed by atoms with Crippen molar-refractivity contribution in [3.05, 3.63) is 29.8 Å². The van der Waals surface area contributed by atoms with Crippen LogP contribution in [0.1, 0.15) is 10.4 Å².